The standard InChI is InChI=1S/C49H58N4O9Si/c1-35-30-53(46(55)50-45(35)54)44-29-41(43(60-44)34-59-63(49(2,3)4,39-24-13-7-14-25-39)40-26-15-8-16-27-40)61-48(58)62-42(37-21-11-6-12-22-37)33-51(31-36-19-9-5-10-20-36)32-38-23-17-18-28-52(38)47(56)57/h5-16,19-22,24-27,30,38,41-44H,17-18,23,28-29,31-34H2,1-4H3,(H,56,57)(H,50,54,55)/t38?,41-,42?,43+,44+/m0/s1. The number of likely N-dealkylation sites (tertiary alicyclic amines) is 1. The van der Waals surface area contributed by atoms with Gasteiger partial charge in [-0.05, 0) is 52.7 Å². The lowest BCUT2D eigenvalue weighted by Gasteiger charge is -2.43. The van der Waals surface area contributed by atoms with Crippen molar-refractivity contribution in [2.24, 2.45) is 0 Å². The third-order valence-corrected chi connectivity index (χ3v) is 17.2. The van der Waals surface area contributed by atoms with E-state index in [9.17, 15) is 24.3 Å². The summed E-state index contributed by atoms with van der Waals surface area (Å²) in [4.78, 5) is 58.2. The van der Waals surface area contributed by atoms with Gasteiger partial charge in [-0.15, -0.1) is 0 Å². The Morgan fingerprint density at radius 3 is 2.10 bits per heavy atom. The molecule has 13 nitrogen and oxygen atoms in total. The van der Waals surface area contributed by atoms with Crippen LogP contribution >= 0.6 is 0 Å². The Morgan fingerprint density at radius 2 is 1.49 bits per heavy atom. The molecule has 5 atom stereocenters. The van der Waals surface area contributed by atoms with Gasteiger partial charge in [0.25, 0.3) is 13.9 Å². The summed E-state index contributed by atoms with van der Waals surface area (Å²) in [5.41, 5.74) is 0.966. The highest BCUT2D eigenvalue weighted by Gasteiger charge is 2.52. The molecule has 63 heavy (non-hydrogen) atoms. The molecule has 332 valence electrons. The van der Waals surface area contributed by atoms with Crippen LogP contribution < -0.4 is 21.6 Å². The monoisotopic (exact) mass is 874 g/mol. The molecule has 2 unspecified atom stereocenters. The molecule has 0 radical (unpaired) electrons. The number of nitrogens with one attached hydrogen (secondary N) is 1. The summed E-state index contributed by atoms with van der Waals surface area (Å²) in [5, 5.41) is 11.9. The van der Waals surface area contributed by atoms with E-state index in [4.69, 9.17) is 18.6 Å². The molecule has 2 fully saturated rings. The summed E-state index contributed by atoms with van der Waals surface area (Å²) < 4.78 is 27.7. The van der Waals surface area contributed by atoms with E-state index in [1.165, 1.54) is 15.7 Å². The van der Waals surface area contributed by atoms with E-state index in [-0.39, 0.29) is 30.7 Å². The molecule has 1 aromatic heterocycles. The first-order chi connectivity index (χ1) is 30.3. The number of hydrogen-bond acceptors (Lipinski definition) is 9. The molecular weight excluding hydrogens is 817 g/mol. The van der Waals surface area contributed by atoms with E-state index in [1.807, 2.05) is 97.1 Å². The van der Waals surface area contributed by atoms with Crippen molar-refractivity contribution in [1.82, 2.24) is 19.4 Å². The maximum Gasteiger partial charge on any atom is 0.509 e. The number of hydrogen-bond donors (Lipinski definition) is 2. The number of aromatic amines is 1. The van der Waals surface area contributed by atoms with Crippen molar-refractivity contribution in [2.45, 2.75) is 95.5 Å². The van der Waals surface area contributed by atoms with Crippen LogP contribution in [-0.2, 0) is 25.2 Å². The van der Waals surface area contributed by atoms with E-state index in [0.29, 0.717) is 25.2 Å². The van der Waals surface area contributed by atoms with Crippen molar-refractivity contribution in [1.29, 1.82) is 0 Å². The van der Waals surface area contributed by atoms with Gasteiger partial charge in [0, 0.05) is 50.4 Å². The molecule has 0 aliphatic carbocycles. The molecule has 2 aliphatic rings. The Labute approximate surface area is 369 Å². The van der Waals surface area contributed by atoms with Gasteiger partial charge in [-0.25, -0.2) is 14.4 Å². The summed E-state index contributed by atoms with van der Waals surface area (Å²) in [5.74, 6) is 0. The predicted octanol–water partition coefficient (Wildman–Crippen LogP) is 7.01. The first kappa shape index (κ1) is 45.2. The summed E-state index contributed by atoms with van der Waals surface area (Å²) >= 11 is 0. The van der Waals surface area contributed by atoms with Crippen molar-refractivity contribution < 1.29 is 33.3 Å². The molecule has 5 aromatic rings. The normalized spacial score (nSPS) is 19.7. The fourth-order valence-electron chi connectivity index (χ4n) is 9.08. The number of amides is 1. The van der Waals surface area contributed by atoms with Crippen LogP contribution in [-0.4, -0.2) is 89.5 Å². The number of H-pyrrole nitrogens is 1. The van der Waals surface area contributed by atoms with E-state index < -0.39 is 56.4 Å². The molecule has 0 spiro atoms. The molecule has 4 aromatic carbocycles. The zero-order chi connectivity index (χ0) is 44.6. The van der Waals surface area contributed by atoms with Crippen LogP contribution in [0.25, 0.3) is 0 Å². The lowest BCUT2D eigenvalue weighted by molar-refractivity contribution is -0.0622. The molecule has 3 heterocycles. The molecule has 7 rings (SSSR count). The number of benzene rings is 4. The Hall–Kier alpha value is -5.80. The number of piperidine rings is 1. The van der Waals surface area contributed by atoms with Gasteiger partial charge in [0.05, 0.1) is 6.61 Å². The van der Waals surface area contributed by atoms with Crippen molar-refractivity contribution >= 4 is 30.9 Å². The predicted molar refractivity (Wildman–Crippen MR) is 243 cm³/mol. The van der Waals surface area contributed by atoms with E-state index in [1.54, 1.807) is 6.92 Å². The van der Waals surface area contributed by atoms with Crippen molar-refractivity contribution in [3.63, 3.8) is 0 Å². The SMILES string of the molecule is Cc1cn([C@H]2C[C@H](OC(=O)OC(CN(Cc3ccccc3)CC3CCCCN3C(=O)O)c3ccccc3)[C@@H](CO[Si](c3ccccc3)(c3ccccc3)C(C)(C)C)O2)c(=O)[nH]c1=O. The van der Waals surface area contributed by atoms with Gasteiger partial charge >= 0.3 is 17.9 Å². The van der Waals surface area contributed by atoms with Crippen LogP contribution in [0, 0.1) is 6.92 Å². The van der Waals surface area contributed by atoms with Gasteiger partial charge in [0.15, 0.2) is 0 Å². The van der Waals surface area contributed by atoms with Gasteiger partial charge in [-0.3, -0.25) is 19.2 Å². The zero-order valence-corrected chi connectivity index (χ0v) is 37.4. The van der Waals surface area contributed by atoms with Crippen molar-refractivity contribution in [3.8, 4) is 0 Å². The second-order valence-corrected chi connectivity index (χ2v) is 21.9. The summed E-state index contributed by atoms with van der Waals surface area (Å²) in [6.07, 6.45) is -1.29. The Kier molecular flexibility index (Phi) is 14.5. The zero-order valence-electron chi connectivity index (χ0n) is 36.4. The van der Waals surface area contributed by atoms with Crippen molar-refractivity contribution in [3.05, 3.63) is 165 Å². The fourth-order valence-corrected chi connectivity index (χ4v) is 13.6. The van der Waals surface area contributed by atoms with Crippen LogP contribution in [0.5, 0.6) is 0 Å². The highest BCUT2D eigenvalue weighted by molar-refractivity contribution is 6.99. The number of ether oxygens (including phenoxy) is 3. The smallest absolute Gasteiger partial charge is 0.465 e. The summed E-state index contributed by atoms with van der Waals surface area (Å²) in [6.45, 7) is 9.81. The van der Waals surface area contributed by atoms with Crippen molar-refractivity contribution in [2.75, 3.05) is 26.2 Å². The third-order valence-electron chi connectivity index (χ3n) is 12.2. The summed E-state index contributed by atoms with van der Waals surface area (Å²) in [7, 11) is -3.08. The number of carboxylic acid groups (broad SMARTS) is 1. The molecule has 0 bridgehead atoms. The third kappa shape index (κ3) is 10.7. The lowest BCUT2D eigenvalue weighted by Crippen LogP contribution is -2.67. The maximum atomic E-state index is 14.3. The minimum atomic E-state index is -3.08. The van der Waals surface area contributed by atoms with E-state index in [0.717, 1.165) is 40.8 Å². The van der Waals surface area contributed by atoms with Crippen LogP contribution in [0.1, 0.15) is 75.5 Å². The lowest BCUT2D eigenvalue weighted by atomic mass is 10.0. The minimum absolute atomic E-state index is 0.0211. The topological polar surface area (TPSA) is 153 Å². The Balaban J connectivity index is 1.18. The molecule has 2 N–H and O–H groups in total. The minimum Gasteiger partial charge on any atom is -0.465 e. The summed E-state index contributed by atoms with van der Waals surface area (Å²) in [6, 6.07) is 39.5. The van der Waals surface area contributed by atoms with Crippen LogP contribution in [0.15, 0.2) is 137 Å². The molecule has 0 saturated carbocycles. The van der Waals surface area contributed by atoms with Crippen LogP contribution in [0.3, 0.4) is 0 Å². The number of rotatable bonds is 15. The fraction of sp³-hybridized carbons (Fsp3) is 0.388. The first-order valence-corrected chi connectivity index (χ1v) is 23.6. The molecule has 2 saturated heterocycles. The number of carbonyl (C=O) groups excluding carboxylic acids is 1. The van der Waals surface area contributed by atoms with Gasteiger partial charge in [-0.2, -0.15) is 0 Å². The largest absolute Gasteiger partial charge is 0.509 e. The number of carbonyl (C=O) groups is 2. The number of aromatic nitrogens is 2. The molecular formula is C49H58N4O9Si. The average Bonchev–Trinajstić information content (AvgIpc) is 3.67. The van der Waals surface area contributed by atoms with Gasteiger partial charge < -0.3 is 28.6 Å². The number of nitrogens with zero attached hydrogens (tertiary/aromatic N) is 3. The second kappa shape index (κ2) is 20.1. The first-order valence-electron chi connectivity index (χ1n) is 21.7. The van der Waals surface area contributed by atoms with E-state index >= 15 is 0 Å². The molecule has 14 heteroatoms. The van der Waals surface area contributed by atoms with Crippen LogP contribution in [0.4, 0.5) is 9.59 Å². The van der Waals surface area contributed by atoms with E-state index in [2.05, 4.69) is 54.9 Å². The average molecular weight is 875 g/mol. The van der Waals surface area contributed by atoms with Gasteiger partial charge in [0.2, 0.25) is 0 Å². The molecule has 2 aliphatic heterocycles. The Bertz CT molecular complexity index is 2350. The number of aryl methyl sites for hydroxylation is 1. The van der Waals surface area contributed by atoms with Gasteiger partial charge in [0.1, 0.15) is 24.5 Å². The Morgan fingerprint density at radius 1 is 0.889 bits per heavy atom. The second-order valence-electron chi connectivity index (χ2n) is 17.5. The maximum absolute atomic E-state index is 14.3. The van der Waals surface area contributed by atoms with Crippen LogP contribution in [0.2, 0.25) is 5.04 Å². The quantitative estimate of drug-likeness (QED) is 0.0831. The van der Waals surface area contributed by atoms with Gasteiger partial charge in [-0.1, -0.05) is 142 Å². The molecule has 1 amide bonds. The highest BCUT2D eigenvalue weighted by atomic mass is 28.4. The highest BCUT2D eigenvalue weighted by Crippen LogP contribution is 2.39.